The van der Waals surface area contributed by atoms with Crippen molar-refractivity contribution in [3.63, 3.8) is 0 Å². The molecule has 1 aromatic carbocycles. The van der Waals surface area contributed by atoms with Crippen LogP contribution in [0.5, 0.6) is 0 Å². The lowest BCUT2D eigenvalue weighted by Crippen LogP contribution is -2.28. The van der Waals surface area contributed by atoms with Crippen LogP contribution in [0.3, 0.4) is 0 Å². The zero-order valence-corrected chi connectivity index (χ0v) is 13.0. The molecule has 1 saturated heterocycles. The largest absolute Gasteiger partial charge is 0.339 e. The summed E-state index contributed by atoms with van der Waals surface area (Å²) in [4.78, 5) is 25.9. The van der Waals surface area contributed by atoms with E-state index in [0.29, 0.717) is 17.8 Å². The number of amides is 2. The second-order valence-electron chi connectivity index (χ2n) is 5.21. The summed E-state index contributed by atoms with van der Waals surface area (Å²) < 4.78 is 0. The van der Waals surface area contributed by atoms with Gasteiger partial charge in [0.1, 0.15) is 0 Å². The Hall–Kier alpha value is -1.59. The SMILES string of the molecule is CC(CN)C(=O)Nc1cccc(C(=O)N2CCCC2)c1.Cl. The molecule has 21 heavy (non-hydrogen) atoms. The molecule has 1 aromatic rings. The van der Waals surface area contributed by atoms with Crippen LogP contribution >= 0.6 is 12.4 Å². The smallest absolute Gasteiger partial charge is 0.253 e. The van der Waals surface area contributed by atoms with E-state index in [1.54, 1.807) is 31.2 Å². The molecule has 0 radical (unpaired) electrons. The van der Waals surface area contributed by atoms with E-state index in [-0.39, 0.29) is 30.1 Å². The molecule has 2 amide bonds. The van der Waals surface area contributed by atoms with Gasteiger partial charge in [-0.2, -0.15) is 0 Å². The normalized spacial score (nSPS) is 15.2. The van der Waals surface area contributed by atoms with Crippen molar-refractivity contribution in [1.29, 1.82) is 0 Å². The monoisotopic (exact) mass is 311 g/mol. The van der Waals surface area contributed by atoms with Crippen molar-refractivity contribution in [3.05, 3.63) is 29.8 Å². The molecule has 2 rings (SSSR count). The van der Waals surface area contributed by atoms with Crippen molar-refractivity contribution in [1.82, 2.24) is 4.90 Å². The molecule has 3 N–H and O–H groups in total. The third-order valence-corrected chi connectivity index (χ3v) is 3.57. The molecular weight excluding hydrogens is 290 g/mol. The van der Waals surface area contributed by atoms with Gasteiger partial charge in [-0.25, -0.2) is 0 Å². The van der Waals surface area contributed by atoms with Crippen molar-refractivity contribution in [2.24, 2.45) is 11.7 Å². The Kier molecular flexibility index (Phi) is 6.65. The molecule has 5 nitrogen and oxygen atoms in total. The van der Waals surface area contributed by atoms with Crippen LogP contribution in [-0.2, 0) is 4.79 Å². The van der Waals surface area contributed by atoms with E-state index in [0.717, 1.165) is 25.9 Å². The molecule has 6 heteroatoms. The van der Waals surface area contributed by atoms with Gasteiger partial charge in [0, 0.05) is 36.8 Å². The maximum absolute atomic E-state index is 12.3. The molecule has 0 saturated carbocycles. The van der Waals surface area contributed by atoms with Crippen LogP contribution in [0.2, 0.25) is 0 Å². The van der Waals surface area contributed by atoms with Crippen molar-refractivity contribution >= 4 is 29.9 Å². The van der Waals surface area contributed by atoms with E-state index in [9.17, 15) is 9.59 Å². The van der Waals surface area contributed by atoms with Gasteiger partial charge in [0.05, 0.1) is 0 Å². The van der Waals surface area contributed by atoms with Crippen molar-refractivity contribution in [3.8, 4) is 0 Å². The standard InChI is InChI=1S/C15H21N3O2.ClH/c1-11(10-16)14(19)17-13-6-4-5-12(9-13)15(20)18-7-2-3-8-18;/h4-6,9,11H,2-3,7-8,10,16H2,1H3,(H,17,19);1H. The van der Waals surface area contributed by atoms with E-state index in [1.165, 1.54) is 0 Å². The van der Waals surface area contributed by atoms with Crippen LogP contribution in [0.4, 0.5) is 5.69 Å². The third kappa shape index (κ3) is 4.44. The van der Waals surface area contributed by atoms with E-state index >= 15 is 0 Å². The molecular formula is C15H22ClN3O2. The van der Waals surface area contributed by atoms with Gasteiger partial charge >= 0.3 is 0 Å². The molecule has 1 unspecified atom stereocenters. The molecule has 0 aromatic heterocycles. The van der Waals surface area contributed by atoms with Gasteiger partial charge in [-0.1, -0.05) is 13.0 Å². The van der Waals surface area contributed by atoms with Gasteiger partial charge in [-0.05, 0) is 31.0 Å². The van der Waals surface area contributed by atoms with Crippen LogP contribution in [-0.4, -0.2) is 36.3 Å². The lowest BCUT2D eigenvalue weighted by molar-refractivity contribution is -0.119. The summed E-state index contributed by atoms with van der Waals surface area (Å²) >= 11 is 0. The number of hydrogen-bond acceptors (Lipinski definition) is 3. The van der Waals surface area contributed by atoms with Gasteiger partial charge in [0.25, 0.3) is 5.91 Å². The molecule has 1 atom stereocenters. The Balaban J connectivity index is 0.00000220. The van der Waals surface area contributed by atoms with Crippen LogP contribution in [0, 0.1) is 5.92 Å². The summed E-state index contributed by atoms with van der Waals surface area (Å²) in [7, 11) is 0. The summed E-state index contributed by atoms with van der Waals surface area (Å²) in [6.07, 6.45) is 2.13. The highest BCUT2D eigenvalue weighted by Crippen LogP contribution is 2.16. The number of anilines is 1. The maximum Gasteiger partial charge on any atom is 0.253 e. The van der Waals surface area contributed by atoms with Crippen LogP contribution < -0.4 is 11.1 Å². The Morgan fingerprint density at radius 2 is 2.00 bits per heavy atom. The fourth-order valence-electron chi connectivity index (χ4n) is 2.21. The number of rotatable bonds is 4. The minimum Gasteiger partial charge on any atom is -0.339 e. The van der Waals surface area contributed by atoms with Gasteiger partial charge in [0.2, 0.25) is 5.91 Å². The molecule has 0 bridgehead atoms. The van der Waals surface area contributed by atoms with Gasteiger partial charge in [-0.15, -0.1) is 12.4 Å². The van der Waals surface area contributed by atoms with Crippen molar-refractivity contribution in [2.75, 3.05) is 25.0 Å². The lowest BCUT2D eigenvalue weighted by Gasteiger charge is -2.16. The summed E-state index contributed by atoms with van der Waals surface area (Å²) in [5.74, 6) is -0.336. The zero-order chi connectivity index (χ0) is 14.5. The molecule has 0 spiro atoms. The van der Waals surface area contributed by atoms with E-state index in [1.807, 2.05) is 4.90 Å². The first kappa shape index (κ1) is 17.5. The first-order chi connectivity index (χ1) is 9.61. The number of carbonyl (C=O) groups excluding carboxylic acids is 2. The van der Waals surface area contributed by atoms with Gasteiger partial charge < -0.3 is 16.0 Å². The number of halogens is 1. The summed E-state index contributed by atoms with van der Waals surface area (Å²) in [5, 5.41) is 2.79. The van der Waals surface area contributed by atoms with E-state index in [4.69, 9.17) is 5.73 Å². The summed E-state index contributed by atoms with van der Waals surface area (Å²) in [6.45, 7) is 3.71. The fourth-order valence-corrected chi connectivity index (χ4v) is 2.21. The zero-order valence-electron chi connectivity index (χ0n) is 12.2. The minimum absolute atomic E-state index is 0. The lowest BCUT2D eigenvalue weighted by atomic mass is 10.1. The maximum atomic E-state index is 12.3. The quantitative estimate of drug-likeness (QED) is 0.891. The van der Waals surface area contributed by atoms with Crippen molar-refractivity contribution in [2.45, 2.75) is 19.8 Å². The first-order valence-corrected chi connectivity index (χ1v) is 7.02. The average Bonchev–Trinajstić information content (AvgIpc) is 3.00. The topological polar surface area (TPSA) is 75.4 Å². The number of likely N-dealkylation sites (tertiary alicyclic amines) is 1. The highest BCUT2D eigenvalue weighted by molar-refractivity contribution is 5.97. The Labute approximate surface area is 131 Å². The van der Waals surface area contributed by atoms with E-state index < -0.39 is 0 Å². The molecule has 1 aliphatic heterocycles. The summed E-state index contributed by atoms with van der Waals surface area (Å²) in [6, 6.07) is 7.07. The van der Waals surface area contributed by atoms with Crippen LogP contribution in [0.15, 0.2) is 24.3 Å². The molecule has 1 aliphatic rings. The number of benzene rings is 1. The highest BCUT2D eigenvalue weighted by atomic mass is 35.5. The predicted molar refractivity (Wildman–Crippen MR) is 85.7 cm³/mol. The fraction of sp³-hybridized carbons (Fsp3) is 0.467. The van der Waals surface area contributed by atoms with Crippen molar-refractivity contribution < 1.29 is 9.59 Å². The Morgan fingerprint density at radius 1 is 1.33 bits per heavy atom. The second-order valence-corrected chi connectivity index (χ2v) is 5.21. The third-order valence-electron chi connectivity index (χ3n) is 3.57. The number of nitrogens with zero attached hydrogens (tertiary/aromatic N) is 1. The second kappa shape index (κ2) is 8.00. The summed E-state index contributed by atoms with van der Waals surface area (Å²) in [5.41, 5.74) is 6.72. The Morgan fingerprint density at radius 3 is 2.62 bits per heavy atom. The molecule has 1 fully saturated rings. The Bertz CT molecular complexity index is 501. The number of carbonyl (C=O) groups is 2. The van der Waals surface area contributed by atoms with Crippen LogP contribution in [0.25, 0.3) is 0 Å². The van der Waals surface area contributed by atoms with Gasteiger partial charge in [-0.3, -0.25) is 9.59 Å². The van der Waals surface area contributed by atoms with E-state index in [2.05, 4.69) is 5.32 Å². The number of hydrogen-bond donors (Lipinski definition) is 2. The first-order valence-electron chi connectivity index (χ1n) is 7.02. The average molecular weight is 312 g/mol. The highest BCUT2D eigenvalue weighted by Gasteiger charge is 2.20. The van der Waals surface area contributed by atoms with Crippen LogP contribution in [0.1, 0.15) is 30.1 Å². The molecule has 116 valence electrons. The number of nitrogens with one attached hydrogen (secondary N) is 1. The molecule has 1 heterocycles. The minimum atomic E-state index is -0.243. The molecule has 0 aliphatic carbocycles. The van der Waals surface area contributed by atoms with Gasteiger partial charge in [0.15, 0.2) is 0 Å². The predicted octanol–water partition coefficient (Wildman–Crippen LogP) is 1.88. The number of nitrogens with two attached hydrogens (primary N) is 1.